The molecule has 0 aliphatic rings. The molecule has 0 unspecified atom stereocenters. The number of carboxylic acid groups (broad SMARTS) is 1. The highest BCUT2D eigenvalue weighted by atomic mass is 35.5. The first-order chi connectivity index (χ1) is 10.4. The highest BCUT2D eigenvalue weighted by Gasteiger charge is 2.08. The van der Waals surface area contributed by atoms with E-state index in [-0.39, 0.29) is 11.3 Å². The number of sulfone groups is 1. The van der Waals surface area contributed by atoms with Crippen LogP contribution in [0.15, 0.2) is 48.0 Å². The molecular formula is C15H12ClNO4S. The largest absolute Gasteiger partial charge is 0.478 e. The number of nitrogens with zero attached hydrogens (tertiary/aromatic N) is 1. The minimum absolute atomic E-state index is 0.0428. The number of carboxylic acids is 1. The Morgan fingerprint density at radius 3 is 2.41 bits per heavy atom. The Labute approximate surface area is 132 Å². The second-order valence-corrected chi connectivity index (χ2v) is 6.84. The van der Waals surface area contributed by atoms with Gasteiger partial charge in [0.1, 0.15) is 0 Å². The van der Waals surface area contributed by atoms with E-state index in [0.29, 0.717) is 16.3 Å². The Hall–Kier alpha value is -2.18. The fraction of sp³-hybridized carbons (Fsp3) is 0.0667. The minimum Gasteiger partial charge on any atom is -0.478 e. The number of halogens is 1. The lowest BCUT2D eigenvalue weighted by molar-refractivity contribution is 0.0696. The molecule has 114 valence electrons. The second kappa shape index (κ2) is 6.72. The number of benzene rings is 1. The fourth-order valence-corrected chi connectivity index (χ4v) is 2.89. The maximum absolute atomic E-state index is 12.0. The second-order valence-electron chi connectivity index (χ2n) is 4.51. The van der Waals surface area contributed by atoms with Gasteiger partial charge in [0.15, 0.2) is 9.84 Å². The molecule has 0 radical (unpaired) electrons. The van der Waals surface area contributed by atoms with Crippen LogP contribution in [0, 0.1) is 0 Å². The van der Waals surface area contributed by atoms with E-state index in [1.165, 1.54) is 24.4 Å². The number of carbonyl (C=O) groups is 1. The average molecular weight is 338 g/mol. The number of hydrogen-bond donors (Lipinski definition) is 1. The normalized spacial score (nSPS) is 11.7. The zero-order chi connectivity index (χ0) is 16.2. The van der Waals surface area contributed by atoms with Crippen LogP contribution < -0.4 is 0 Å². The SMILES string of the molecule is O=C(O)c1ccc(/C=C/S(=O)(=O)Cc2ccc(Cl)cc2)nc1. The minimum atomic E-state index is -3.45. The summed E-state index contributed by atoms with van der Waals surface area (Å²) in [5.74, 6) is -1.23. The first-order valence-electron chi connectivity index (χ1n) is 6.20. The Balaban J connectivity index is 2.10. The molecule has 0 spiro atoms. The van der Waals surface area contributed by atoms with Gasteiger partial charge in [-0.1, -0.05) is 23.7 Å². The monoisotopic (exact) mass is 337 g/mol. The molecule has 22 heavy (non-hydrogen) atoms. The smallest absolute Gasteiger partial charge is 0.337 e. The molecule has 0 fully saturated rings. The molecule has 0 aliphatic heterocycles. The molecule has 0 aliphatic carbocycles. The molecule has 5 nitrogen and oxygen atoms in total. The van der Waals surface area contributed by atoms with Gasteiger partial charge in [-0.15, -0.1) is 0 Å². The van der Waals surface area contributed by atoms with Crippen molar-refractivity contribution < 1.29 is 18.3 Å². The van der Waals surface area contributed by atoms with E-state index in [1.54, 1.807) is 24.3 Å². The summed E-state index contributed by atoms with van der Waals surface area (Å²) in [5.41, 5.74) is 1.04. The van der Waals surface area contributed by atoms with Gasteiger partial charge in [-0.2, -0.15) is 0 Å². The Kier molecular flexibility index (Phi) is 4.95. The van der Waals surface area contributed by atoms with Crippen molar-refractivity contribution in [1.82, 2.24) is 4.98 Å². The summed E-state index contributed by atoms with van der Waals surface area (Å²) in [6.07, 6.45) is 2.50. The van der Waals surface area contributed by atoms with Crippen LogP contribution in [0.2, 0.25) is 5.02 Å². The lowest BCUT2D eigenvalue weighted by Crippen LogP contribution is -2.00. The summed E-state index contributed by atoms with van der Waals surface area (Å²) in [5, 5.41) is 10.4. The van der Waals surface area contributed by atoms with Gasteiger partial charge in [-0.05, 0) is 35.9 Å². The zero-order valence-electron chi connectivity index (χ0n) is 11.3. The predicted octanol–water partition coefficient (Wildman–Crippen LogP) is 3.02. The molecule has 1 N–H and O–H groups in total. The van der Waals surface area contributed by atoms with Crippen LogP contribution in [-0.4, -0.2) is 24.5 Å². The van der Waals surface area contributed by atoms with Crippen LogP contribution in [0.25, 0.3) is 6.08 Å². The molecule has 0 saturated carbocycles. The lowest BCUT2D eigenvalue weighted by atomic mass is 10.2. The number of hydrogen-bond acceptors (Lipinski definition) is 4. The zero-order valence-corrected chi connectivity index (χ0v) is 12.9. The standard InChI is InChI=1S/C15H12ClNO4S/c16-13-4-1-11(2-5-13)10-22(20,21)8-7-14-6-3-12(9-17-14)15(18)19/h1-9H,10H2,(H,18,19)/b8-7+. The maximum Gasteiger partial charge on any atom is 0.337 e. The average Bonchev–Trinajstić information content (AvgIpc) is 2.48. The highest BCUT2D eigenvalue weighted by Crippen LogP contribution is 2.13. The van der Waals surface area contributed by atoms with Gasteiger partial charge in [-0.25, -0.2) is 13.2 Å². The summed E-state index contributed by atoms with van der Waals surface area (Å²) in [6, 6.07) is 9.35. The number of aromatic carboxylic acids is 1. The Bertz CT molecular complexity index is 796. The number of pyridine rings is 1. The van der Waals surface area contributed by atoms with Crippen LogP contribution in [0.5, 0.6) is 0 Å². The van der Waals surface area contributed by atoms with Gasteiger partial charge >= 0.3 is 5.97 Å². The highest BCUT2D eigenvalue weighted by molar-refractivity contribution is 7.93. The van der Waals surface area contributed by atoms with Crippen molar-refractivity contribution in [2.24, 2.45) is 0 Å². The Morgan fingerprint density at radius 2 is 1.86 bits per heavy atom. The maximum atomic E-state index is 12.0. The van der Waals surface area contributed by atoms with Gasteiger partial charge in [-0.3, -0.25) is 4.98 Å². The van der Waals surface area contributed by atoms with Crippen molar-refractivity contribution in [2.75, 3.05) is 0 Å². The summed E-state index contributed by atoms with van der Waals surface area (Å²) in [7, 11) is -3.45. The van der Waals surface area contributed by atoms with Gasteiger partial charge in [0, 0.05) is 16.6 Å². The summed E-state index contributed by atoms with van der Waals surface area (Å²) < 4.78 is 24.0. The molecule has 1 heterocycles. The van der Waals surface area contributed by atoms with Crippen LogP contribution in [0.3, 0.4) is 0 Å². The number of aromatic nitrogens is 1. The Morgan fingerprint density at radius 1 is 1.18 bits per heavy atom. The molecule has 0 saturated heterocycles. The van der Waals surface area contributed by atoms with Crippen molar-refractivity contribution in [3.05, 3.63) is 69.8 Å². The van der Waals surface area contributed by atoms with Crippen LogP contribution >= 0.6 is 11.6 Å². The van der Waals surface area contributed by atoms with Gasteiger partial charge in [0.05, 0.1) is 17.0 Å². The quantitative estimate of drug-likeness (QED) is 0.906. The van der Waals surface area contributed by atoms with E-state index in [0.717, 1.165) is 5.41 Å². The third kappa shape index (κ3) is 4.68. The first kappa shape index (κ1) is 16.2. The van der Waals surface area contributed by atoms with Crippen molar-refractivity contribution in [2.45, 2.75) is 5.75 Å². The first-order valence-corrected chi connectivity index (χ1v) is 8.30. The molecule has 7 heteroatoms. The van der Waals surface area contributed by atoms with Gasteiger partial charge in [0.2, 0.25) is 0 Å². The van der Waals surface area contributed by atoms with E-state index >= 15 is 0 Å². The molecule has 2 aromatic rings. The lowest BCUT2D eigenvalue weighted by Gasteiger charge is -2.00. The summed E-state index contributed by atoms with van der Waals surface area (Å²) >= 11 is 5.75. The van der Waals surface area contributed by atoms with Gasteiger partial charge < -0.3 is 5.11 Å². The van der Waals surface area contributed by atoms with E-state index in [2.05, 4.69) is 4.98 Å². The molecule has 0 amide bonds. The molecule has 0 bridgehead atoms. The van der Waals surface area contributed by atoms with Crippen LogP contribution in [-0.2, 0) is 15.6 Å². The van der Waals surface area contributed by atoms with Crippen LogP contribution in [0.1, 0.15) is 21.6 Å². The third-order valence-corrected chi connectivity index (χ3v) is 4.30. The van der Waals surface area contributed by atoms with Crippen molar-refractivity contribution >= 4 is 33.5 Å². The van der Waals surface area contributed by atoms with Crippen molar-refractivity contribution in [1.29, 1.82) is 0 Å². The van der Waals surface area contributed by atoms with Crippen molar-refractivity contribution in [3.8, 4) is 0 Å². The molecule has 0 atom stereocenters. The molecular weight excluding hydrogens is 326 g/mol. The summed E-state index contributed by atoms with van der Waals surface area (Å²) in [4.78, 5) is 14.6. The molecule has 2 rings (SSSR count). The van der Waals surface area contributed by atoms with E-state index in [9.17, 15) is 13.2 Å². The van der Waals surface area contributed by atoms with E-state index in [1.807, 2.05) is 0 Å². The van der Waals surface area contributed by atoms with Crippen LogP contribution in [0.4, 0.5) is 0 Å². The topological polar surface area (TPSA) is 84.3 Å². The van der Waals surface area contributed by atoms with E-state index in [4.69, 9.17) is 16.7 Å². The predicted molar refractivity (Wildman–Crippen MR) is 84.3 cm³/mol. The van der Waals surface area contributed by atoms with Crippen molar-refractivity contribution in [3.63, 3.8) is 0 Å². The van der Waals surface area contributed by atoms with Gasteiger partial charge in [0.25, 0.3) is 0 Å². The fourth-order valence-electron chi connectivity index (χ4n) is 1.66. The van der Waals surface area contributed by atoms with E-state index < -0.39 is 15.8 Å². The molecule has 1 aromatic carbocycles. The molecule has 1 aromatic heterocycles. The number of rotatable bonds is 5. The summed E-state index contributed by atoms with van der Waals surface area (Å²) in [6.45, 7) is 0. The third-order valence-electron chi connectivity index (χ3n) is 2.76.